The summed E-state index contributed by atoms with van der Waals surface area (Å²) in [6.45, 7) is 7.85. The van der Waals surface area contributed by atoms with Crippen LogP contribution in [0.15, 0.2) is 0 Å². The second kappa shape index (κ2) is 4.94. The van der Waals surface area contributed by atoms with Gasteiger partial charge in [-0.05, 0) is 34.1 Å². The molecule has 0 aromatic heterocycles. The van der Waals surface area contributed by atoms with Gasteiger partial charge in [-0.25, -0.2) is 4.79 Å². The lowest BCUT2D eigenvalue weighted by Gasteiger charge is -2.27. The molecular weight excluding hydrogens is 222 g/mol. The van der Waals surface area contributed by atoms with E-state index in [-0.39, 0.29) is 24.0 Å². The van der Waals surface area contributed by atoms with Crippen LogP contribution in [0.25, 0.3) is 0 Å². The summed E-state index contributed by atoms with van der Waals surface area (Å²) in [6, 6.07) is -0.169. The molecule has 1 rings (SSSR count). The van der Waals surface area contributed by atoms with Crippen molar-refractivity contribution in [1.29, 1.82) is 0 Å². The Labute approximate surface area is 102 Å². The minimum Gasteiger partial charge on any atom is -0.469 e. The number of ether oxygens (including phenoxy) is 2. The zero-order chi connectivity index (χ0) is 13.2. The molecule has 0 aliphatic carbocycles. The molecule has 1 fully saturated rings. The van der Waals surface area contributed by atoms with E-state index in [1.807, 2.05) is 27.7 Å². The molecule has 1 aliphatic heterocycles. The summed E-state index contributed by atoms with van der Waals surface area (Å²) in [5.74, 6) is -0.504. The molecule has 17 heavy (non-hydrogen) atoms. The standard InChI is InChI=1S/C12H21NO4/c1-8-9(10(14)16-5)6-7-13(8)11(15)17-12(2,3)4/h8-9H,6-7H2,1-5H3/t8-,9+/m1/s1. The molecule has 98 valence electrons. The minimum atomic E-state index is -0.514. The van der Waals surface area contributed by atoms with Crippen molar-refractivity contribution in [2.45, 2.75) is 45.8 Å². The minimum absolute atomic E-state index is 0.169. The van der Waals surface area contributed by atoms with Crippen molar-refractivity contribution in [2.75, 3.05) is 13.7 Å². The van der Waals surface area contributed by atoms with E-state index in [1.54, 1.807) is 4.90 Å². The lowest BCUT2D eigenvalue weighted by atomic mass is 10.0. The van der Waals surface area contributed by atoms with Crippen molar-refractivity contribution < 1.29 is 19.1 Å². The largest absolute Gasteiger partial charge is 0.469 e. The normalized spacial score (nSPS) is 24.6. The Kier molecular flexibility index (Phi) is 4.01. The van der Waals surface area contributed by atoms with Crippen LogP contribution in [-0.4, -0.2) is 42.3 Å². The Morgan fingerprint density at radius 3 is 2.35 bits per heavy atom. The zero-order valence-electron chi connectivity index (χ0n) is 11.1. The highest BCUT2D eigenvalue weighted by molar-refractivity contribution is 5.76. The van der Waals surface area contributed by atoms with Gasteiger partial charge >= 0.3 is 12.1 Å². The number of rotatable bonds is 1. The van der Waals surface area contributed by atoms with Crippen molar-refractivity contribution in [3.8, 4) is 0 Å². The van der Waals surface area contributed by atoms with Gasteiger partial charge in [0.15, 0.2) is 0 Å². The van der Waals surface area contributed by atoms with Crippen LogP contribution in [0.1, 0.15) is 34.1 Å². The fraction of sp³-hybridized carbons (Fsp3) is 0.833. The molecule has 2 atom stereocenters. The molecule has 0 N–H and O–H groups in total. The van der Waals surface area contributed by atoms with Crippen LogP contribution >= 0.6 is 0 Å². The lowest BCUT2D eigenvalue weighted by Crippen LogP contribution is -2.41. The molecule has 5 nitrogen and oxygen atoms in total. The van der Waals surface area contributed by atoms with E-state index in [1.165, 1.54) is 7.11 Å². The summed E-state index contributed by atoms with van der Waals surface area (Å²) < 4.78 is 10.0. The molecule has 1 aliphatic rings. The van der Waals surface area contributed by atoms with E-state index in [9.17, 15) is 9.59 Å². The number of carbonyl (C=O) groups is 2. The predicted octanol–water partition coefficient (Wildman–Crippen LogP) is 1.80. The van der Waals surface area contributed by atoms with E-state index in [4.69, 9.17) is 9.47 Å². The molecule has 0 spiro atoms. The van der Waals surface area contributed by atoms with Crippen LogP contribution in [0.3, 0.4) is 0 Å². The second-order valence-electron chi connectivity index (χ2n) is 5.33. The van der Waals surface area contributed by atoms with Crippen molar-refractivity contribution in [1.82, 2.24) is 4.90 Å². The first-order valence-corrected chi connectivity index (χ1v) is 5.83. The van der Waals surface area contributed by atoms with E-state index in [0.717, 1.165) is 0 Å². The summed E-state index contributed by atoms with van der Waals surface area (Å²) in [5.41, 5.74) is -0.514. The SMILES string of the molecule is COC(=O)[C@H]1CCN(C(=O)OC(C)(C)C)[C@@H]1C. The van der Waals surface area contributed by atoms with E-state index in [2.05, 4.69) is 0 Å². The Morgan fingerprint density at radius 2 is 1.88 bits per heavy atom. The maximum atomic E-state index is 11.9. The molecule has 5 heteroatoms. The first-order valence-electron chi connectivity index (χ1n) is 5.83. The number of hydrogen-bond acceptors (Lipinski definition) is 4. The first kappa shape index (κ1) is 13.8. The van der Waals surface area contributed by atoms with Crippen molar-refractivity contribution >= 4 is 12.1 Å². The number of likely N-dealkylation sites (tertiary alicyclic amines) is 1. The second-order valence-corrected chi connectivity index (χ2v) is 5.33. The van der Waals surface area contributed by atoms with Crippen LogP contribution in [0.2, 0.25) is 0 Å². The van der Waals surface area contributed by atoms with Crippen LogP contribution < -0.4 is 0 Å². The molecule has 0 unspecified atom stereocenters. The fourth-order valence-electron chi connectivity index (χ4n) is 1.98. The van der Waals surface area contributed by atoms with Gasteiger partial charge in [0, 0.05) is 12.6 Å². The number of methoxy groups -OCH3 is 1. The third-order valence-corrected chi connectivity index (χ3v) is 2.89. The van der Waals surface area contributed by atoms with E-state index >= 15 is 0 Å². The van der Waals surface area contributed by atoms with Gasteiger partial charge in [0.05, 0.1) is 13.0 Å². The maximum Gasteiger partial charge on any atom is 0.410 e. The maximum absolute atomic E-state index is 11.9. The number of carbonyl (C=O) groups excluding carboxylic acids is 2. The first-order chi connectivity index (χ1) is 7.76. The topological polar surface area (TPSA) is 55.8 Å². The van der Waals surface area contributed by atoms with Crippen LogP contribution in [0.5, 0.6) is 0 Å². The van der Waals surface area contributed by atoms with Crippen LogP contribution in [0.4, 0.5) is 4.79 Å². The number of nitrogens with zero attached hydrogens (tertiary/aromatic N) is 1. The number of hydrogen-bond donors (Lipinski definition) is 0. The summed E-state index contributed by atoms with van der Waals surface area (Å²) in [4.78, 5) is 24.9. The molecule has 1 saturated heterocycles. The van der Waals surface area contributed by atoms with E-state index < -0.39 is 5.60 Å². The van der Waals surface area contributed by atoms with E-state index in [0.29, 0.717) is 13.0 Å². The molecule has 1 amide bonds. The molecule has 0 bridgehead atoms. The number of esters is 1. The fourth-order valence-corrected chi connectivity index (χ4v) is 1.98. The van der Waals surface area contributed by atoms with Gasteiger partial charge in [-0.3, -0.25) is 4.79 Å². The third-order valence-electron chi connectivity index (χ3n) is 2.89. The zero-order valence-corrected chi connectivity index (χ0v) is 11.1. The van der Waals surface area contributed by atoms with Gasteiger partial charge in [0.1, 0.15) is 5.60 Å². The summed E-state index contributed by atoms with van der Waals surface area (Å²) in [7, 11) is 1.37. The van der Waals surface area contributed by atoms with Crippen molar-refractivity contribution in [3.05, 3.63) is 0 Å². The molecule has 0 aromatic carbocycles. The number of amides is 1. The van der Waals surface area contributed by atoms with Crippen LogP contribution in [0, 0.1) is 5.92 Å². The van der Waals surface area contributed by atoms with Crippen molar-refractivity contribution in [2.24, 2.45) is 5.92 Å². The van der Waals surface area contributed by atoms with Crippen molar-refractivity contribution in [3.63, 3.8) is 0 Å². The smallest absolute Gasteiger partial charge is 0.410 e. The Hall–Kier alpha value is -1.26. The van der Waals surface area contributed by atoms with Gasteiger partial charge in [0.2, 0.25) is 0 Å². The van der Waals surface area contributed by atoms with Gasteiger partial charge < -0.3 is 14.4 Å². The predicted molar refractivity (Wildman–Crippen MR) is 62.5 cm³/mol. The monoisotopic (exact) mass is 243 g/mol. The summed E-state index contributed by atoms with van der Waals surface area (Å²) in [5, 5.41) is 0. The third kappa shape index (κ3) is 3.35. The van der Waals surface area contributed by atoms with Gasteiger partial charge in [-0.2, -0.15) is 0 Å². The average molecular weight is 243 g/mol. The van der Waals surface area contributed by atoms with Crippen LogP contribution in [-0.2, 0) is 14.3 Å². The van der Waals surface area contributed by atoms with Gasteiger partial charge in [-0.1, -0.05) is 0 Å². The molecule has 0 saturated carbocycles. The highest BCUT2D eigenvalue weighted by Crippen LogP contribution is 2.26. The molecule has 1 heterocycles. The van der Waals surface area contributed by atoms with Gasteiger partial charge in [-0.15, -0.1) is 0 Å². The summed E-state index contributed by atoms with van der Waals surface area (Å²) >= 11 is 0. The Balaban J connectivity index is 2.64. The highest BCUT2D eigenvalue weighted by atomic mass is 16.6. The summed E-state index contributed by atoms with van der Waals surface area (Å²) in [6.07, 6.45) is 0.268. The lowest BCUT2D eigenvalue weighted by molar-refractivity contribution is -0.145. The average Bonchev–Trinajstić information content (AvgIpc) is 2.56. The Morgan fingerprint density at radius 1 is 1.29 bits per heavy atom. The Bertz CT molecular complexity index is 308. The molecule has 0 radical (unpaired) electrons. The highest BCUT2D eigenvalue weighted by Gasteiger charge is 2.40. The molecular formula is C12H21NO4. The quantitative estimate of drug-likeness (QED) is 0.659. The van der Waals surface area contributed by atoms with Gasteiger partial charge in [0.25, 0.3) is 0 Å². The molecule has 0 aromatic rings.